The van der Waals surface area contributed by atoms with E-state index in [1.165, 1.54) is 0 Å². The molecule has 0 aromatic heterocycles. The summed E-state index contributed by atoms with van der Waals surface area (Å²) in [7, 11) is 0. The van der Waals surface area contributed by atoms with Gasteiger partial charge in [-0.15, -0.1) is 0 Å². The second kappa shape index (κ2) is 4.32. The third-order valence-corrected chi connectivity index (χ3v) is 2.10. The average Bonchev–Trinajstić information content (AvgIpc) is 2.11. The van der Waals surface area contributed by atoms with Gasteiger partial charge in [0.2, 0.25) is 0 Å². The van der Waals surface area contributed by atoms with E-state index in [-0.39, 0.29) is 13.0 Å². The first-order chi connectivity index (χ1) is 6.07. The lowest BCUT2D eigenvalue weighted by molar-refractivity contribution is -0.283. The molecule has 0 aliphatic carbocycles. The molecule has 0 aromatic rings. The van der Waals surface area contributed by atoms with Crippen molar-refractivity contribution < 1.29 is 30.3 Å². The van der Waals surface area contributed by atoms with Gasteiger partial charge in [0.15, 0.2) is 6.29 Å². The largest absolute Gasteiger partial charge is 0.396 e. The Morgan fingerprint density at radius 2 is 1.54 bits per heavy atom. The highest BCUT2D eigenvalue weighted by atomic mass is 16.6. The van der Waals surface area contributed by atoms with Crippen LogP contribution >= 0.6 is 0 Å². The SMILES string of the molecule is OCCC1OC(O)C(O)C(O)C1O. The summed E-state index contributed by atoms with van der Waals surface area (Å²) < 4.78 is 4.76. The van der Waals surface area contributed by atoms with Crippen LogP contribution in [0, 0.1) is 0 Å². The van der Waals surface area contributed by atoms with E-state index in [1.54, 1.807) is 0 Å². The van der Waals surface area contributed by atoms with Crippen molar-refractivity contribution in [2.75, 3.05) is 6.61 Å². The molecule has 1 aliphatic rings. The summed E-state index contributed by atoms with van der Waals surface area (Å²) in [4.78, 5) is 0. The summed E-state index contributed by atoms with van der Waals surface area (Å²) in [6.07, 6.45) is -6.51. The number of hydrogen-bond acceptors (Lipinski definition) is 6. The van der Waals surface area contributed by atoms with E-state index < -0.39 is 30.7 Å². The molecule has 13 heavy (non-hydrogen) atoms. The second-order valence-corrected chi connectivity index (χ2v) is 3.05. The molecule has 0 spiro atoms. The van der Waals surface area contributed by atoms with Gasteiger partial charge in [0, 0.05) is 6.61 Å². The molecule has 0 bridgehead atoms. The predicted octanol–water partition coefficient (Wildman–Crippen LogP) is -2.83. The quantitative estimate of drug-likeness (QED) is 0.324. The zero-order valence-electron chi connectivity index (χ0n) is 6.95. The smallest absolute Gasteiger partial charge is 0.183 e. The Balaban J connectivity index is 2.59. The minimum atomic E-state index is -1.52. The number of hydrogen-bond donors (Lipinski definition) is 5. The van der Waals surface area contributed by atoms with E-state index in [2.05, 4.69) is 0 Å². The van der Waals surface area contributed by atoms with Gasteiger partial charge in [-0.2, -0.15) is 0 Å². The number of aliphatic hydroxyl groups excluding tert-OH is 5. The molecule has 6 heteroatoms. The van der Waals surface area contributed by atoms with Crippen molar-refractivity contribution in [2.45, 2.75) is 37.1 Å². The van der Waals surface area contributed by atoms with Crippen LogP contribution in [0.25, 0.3) is 0 Å². The van der Waals surface area contributed by atoms with Crippen molar-refractivity contribution in [3.8, 4) is 0 Å². The fraction of sp³-hybridized carbons (Fsp3) is 1.00. The van der Waals surface area contributed by atoms with Gasteiger partial charge in [-0.1, -0.05) is 0 Å². The van der Waals surface area contributed by atoms with E-state index >= 15 is 0 Å². The Bertz CT molecular complexity index is 163. The normalized spacial score (nSPS) is 46.4. The maximum Gasteiger partial charge on any atom is 0.183 e. The van der Waals surface area contributed by atoms with E-state index in [1.807, 2.05) is 0 Å². The molecule has 5 atom stereocenters. The Labute approximate surface area is 75.0 Å². The fourth-order valence-corrected chi connectivity index (χ4v) is 1.30. The van der Waals surface area contributed by atoms with Gasteiger partial charge in [-0.3, -0.25) is 0 Å². The molecule has 1 aliphatic heterocycles. The average molecular weight is 194 g/mol. The summed E-state index contributed by atoms with van der Waals surface area (Å²) in [6.45, 7) is -0.225. The lowest BCUT2D eigenvalue weighted by atomic mass is 9.97. The van der Waals surface area contributed by atoms with Crippen LogP contribution in [0.2, 0.25) is 0 Å². The summed E-state index contributed by atoms with van der Waals surface area (Å²) in [5.41, 5.74) is 0. The zero-order valence-corrected chi connectivity index (χ0v) is 6.95. The summed E-state index contributed by atoms with van der Waals surface area (Å²) in [5, 5.41) is 45.1. The molecule has 1 fully saturated rings. The molecule has 0 saturated carbocycles. The molecule has 1 saturated heterocycles. The fourth-order valence-electron chi connectivity index (χ4n) is 1.30. The van der Waals surface area contributed by atoms with Gasteiger partial charge in [-0.05, 0) is 6.42 Å². The van der Waals surface area contributed by atoms with E-state index in [4.69, 9.17) is 20.1 Å². The first kappa shape index (κ1) is 10.8. The molecular weight excluding hydrogens is 180 g/mol. The van der Waals surface area contributed by atoms with Crippen molar-refractivity contribution >= 4 is 0 Å². The maximum atomic E-state index is 9.30. The van der Waals surface area contributed by atoms with Crippen LogP contribution in [0.4, 0.5) is 0 Å². The number of rotatable bonds is 2. The van der Waals surface area contributed by atoms with Crippen LogP contribution in [0.5, 0.6) is 0 Å². The van der Waals surface area contributed by atoms with Crippen molar-refractivity contribution in [3.63, 3.8) is 0 Å². The molecule has 0 aromatic carbocycles. The molecular formula is C7H14O6. The monoisotopic (exact) mass is 194 g/mol. The van der Waals surface area contributed by atoms with Gasteiger partial charge in [0.25, 0.3) is 0 Å². The molecule has 0 amide bonds. The molecule has 1 rings (SSSR count). The topological polar surface area (TPSA) is 110 Å². The van der Waals surface area contributed by atoms with Gasteiger partial charge in [0.1, 0.15) is 18.3 Å². The lowest BCUT2D eigenvalue weighted by Gasteiger charge is -2.38. The molecule has 0 radical (unpaired) electrons. The Hall–Kier alpha value is -0.240. The standard InChI is InChI=1S/C7H14O6/c8-2-1-3-4(9)5(10)6(11)7(12)13-3/h3-12H,1-2H2. The summed E-state index contributed by atoms with van der Waals surface area (Å²) in [6, 6.07) is 0. The molecule has 6 nitrogen and oxygen atoms in total. The lowest BCUT2D eigenvalue weighted by Crippen LogP contribution is -2.57. The highest BCUT2D eigenvalue weighted by Gasteiger charge is 2.42. The molecule has 1 heterocycles. The number of aliphatic hydroxyl groups is 5. The highest BCUT2D eigenvalue weighted by molar-refractivity contribution is 4.88. The first-order valence-corrected chi connectivity index (χ1v) is 4.06. The van der Waals surface area contributed by atoms with Crippen LogP contribution in [0.15, 0.2) is 0 Å². The van der Waals surface area contributed by atoms with Crippen LogP contribution in [-0.2, 0) is 4.74 Å². The molecule has 78 valence electrons. The Kier molecular flexibility index (Phi) is 3.60. The molecule has 5 N–H and O–H groups in total. The Morgan fingerprint density at radius 1 is 0.923 bits per heavy atom. The van der Waals surface area contributed by atoms with Crippen molar-refractivity contribution in [2.24, 2.45) is 0 Å². The van der Waals surface area contributed by atoms with Crippen LogP contribution in [0.1, 0.15) is 6.42 Å². The maximum absolute atomic E-state index is 9.30. The first-order valence-electron chi connectivity index (χ1n) is 4.06. The highest BCUT2D eigenvalue weighted by Crippen LogP contribution is 2.21. The van der Waals surface area contributed by atoms with Crippen molar-refractivity contribution in [3.05, 3.63) is 0 Å². The third kappa shape index (κ3) is 2.16. The number of ether oxygens (including phenoxy) is 1. The predicted molar refractivity (Wildman–Crippen MR) is 40.6 cm³/mol. The van der Waals surface area contributed by atoms with Crippen molar-refractivity contribution in [1.29, 1.82) is 0 Å². The Morgan fingerprint density at radius 3 is 2.08 bits per heavy atom. The van der Waals surface area contributed by atoms with Gasteiger partial charge in [0.05, 0.1) is 6.10 Å². The van der Waals surface area contributed by atoms with Crippen LogP contribution in [-0.4, -0.2) is 62.8 Å². The summed E-state index contributed by atoms with van der Waals surface area (Å²) in [5.74, 6) is 0. The van der Waals surface area contributed by atoms with E-state index in [0.29, 0.717) is 0 Å². The summed E-state index contributed by atoms with van der Waals surface area (Å²) >= 11 is 0. The van der Waals surface area contributed by atoms with Gasteiger partial charge >= 0.3 is 0 Å². The minimum Gasteiger partial charge on any atom is -0.396 e. The second-order valence-electron chi connectivity index (χ2n) is 3.05. The van der Waals surface area contributed by atoms with Gasteiger partial charge in [-0.25, -0.2) is 0 Å². The van der Waals surface area contributed by atoms with Crippen molar-refractivity contribution in [1.82, 2.24) is 0 Å². The van der Waals surface area contributed by atoms with Gasteiger partial charge < -0.3 is 30.3 Å². The minimum absolute atomic E-state index is 0.0992. The van der Waals surface area contributed by atoms with Crippen LogP contribution in [0.3, 0.4) is 0 Å². The zero-order chi connectivity index (χ0) is 10.0. The van der Waals surface area contributed by atoms with E-state index in [0.717, 1.165) is 0 Å². The van der Waals surface area contributed by atoms with E-state index in [9.17, 15) is 10.2 Å². The molecule has 5 unspecified atom stereocenters. The van der Waals surface area contributed by atoms with Crippen LogP contribution < -0.4 is 0 Å². The third-order valence-electron chi connectivity index (χ3n) is 2.10.